The Kier molecular flexibility index (Phi) is 2.86. The van der Waals surface area contributed by atoms with Crippen molar-refractivity contribution in [1.29, 1.82) is 0 Å². The molecule has 1 N–H and O–H groups in total. The molecule has 17 heavy (non-hydrogen) atoms. The quantitative estimate of drug-likeness (QED) is 0.871. The van der Waals surface area contributed by atoms with E-state index in [2.05, 4.69) is 18.0 Å². The summed E-state index contributed by atoms with van der Waals surface area (Å²) in [6.45, 7) is 4.59. The second-order valence-corrected chi connectivity index (χ2v) is 5.46. The van der Waals surface area contributed by atoms with E-state index >= 15 is 0 Å². The molecule has 0 aliphatic carbocycles. The third-order valence-corrected chi connectivity index (χ3v) is 3.51. The molecule has 3 heteroatoms. The Bertz CT molecular complexity index is 452. The van der Waals surface area contributed by atoms with Crippen molar-refractivity contribution in [3.05, 3.63) is 29.3 Å². The van der Waals surface area contributed by atoms with Crippen LogP contribution in [-0.4, -0.2) is 24.7 Å². The summed E-state index contributed by atoms with van der Waals surface area (Å²) in [7, 11) is 2.07. The van der Waals surface area contributed by atoms with Crippen LogP contribution in [0.1, 0.15) is 25.0 Å². The Morgan fingerprint density at radius 3 is 2.82 bits per heavy atom. The van der Waals surface area contributed by atoms with Crippen LogP contribution in [0.4, 0.5) is 5.69 Å². The standard InChI is InChI=1S/C14H19NO2/c1-14(2,13(16)17)9-11-6-4-5-10-7-8-15(3)12(10)11/h4-6H,7-9H2,1-3H3,(H,16,17). The first-order valence-corrected chi connectivity index (χ1v) is 5.97. The molecule has 0 spiro atoms. The van der Waals surface area contributed by atoms with Gasteiger partial charge in [0, 0.05) is 19.3 Å². The first-order valence-electron chi connectivity index (χ1n) is 5.97. The van der Waals surface area contributed by atoms with Crippen LogP contribution in [0.25, 0.3) is 0 Å². The van der Waals surface area contributed by atoms with E-state index in [4.69, 9.17) is 0 Å². The molecule has 1 heterocycles. The number of likely N-dealkylation sites (N-methyl/N-ethyl adjacent to an activating group) is 1. The summed E-state index contributed by atoms with van der Waals surface area (Å²) in [5.41, 5.74) is 3.02. The van der Waals surface area contributed by atoms with Gasteiger partial charge in [-0.1, -0.05) is 18.2 Å². The highest BCUT2D eigenvalue weighted by Gasteiger charge is 2.30. The number of hydrogen-bond donors (Lipinski definition) is 1. The predicted octanol–water partition coefficient (Wildman–Crippen LogP) is 2.33. The molecular weight excluding hydrogens is 214 g/mol. The first-order chi connectivity index (χ1) is 7.92. The fourth-order valence-corrected chi connectivity index (χ4v) is 2.43. The number of rotatable bonds is 3. The van der Waals surface area contributed by atoms with Crippen LogP contribution in [0.5, 0.6) is 0 Å². The van der Waals surface area contributed by atoms with Crippen LogP contribution >= 0.6 is 0 Å². The second-order valence-electron chi connectivity index (χ2n) is 5.46. The van der Waals surface area contributed by atoms with Gasteiger partial charge in [-0.2, -0.15) is 0 Å². The Labute approximate surface area is 102 Å². The molecule has 92 valence electrons. The van der Waals surface area contributed by atoms with Gasteiger partial charge in [0.1, 0.15) is 0 Å². The van der Waals surface area contributed by atoms with Crippen molar-refractivity contribution in [2.24, 2.45) is 5.41 Å². The third-order valence-electron chi connectivity index (χ3n) is 3.51. The maximum absolute atomic E-state index is 11.2. The Balaban J connectivity index is 2.35. The number of para-hydroxylation sites is 1. The van der Waals surface area contributed by atoms with Gasteiger partial charge in [0.25, 0.3) is 0 Å². The Morgan fingerprint density at radius 1 is 1.47 bits per heavy atom. The second kappa shape index (κ2) is 4.06. The maximum atomic E-state index is 11.2. The van der Waals surface area contributed by atoms with Crippen molar-refractivity contribution >= 4 is 11.7 Å². The lowest BCUT2D eigenvalue weighted by Gasteiger charge is -2.23. The molecule has 1 aromatic carbocycles. The molecule has 0 fully saturated rings. The number of carboxylic acids is 1. The lowest BCUT2D eigenvalue weighted by atomic mass is 9.85. The average molecular weight is 233 g/mol. The van der Waals surface area contributed by atoms with Gasteiger partial charge in [0.05, 0.1) is 5.41 Å². The lowest BCUT2D eigenvalue weighted by molar-refractivity contribution is -0.146. The molecule has 3 nitrogen and oxygen atoms in total. The summed E-state index contributed by atoms with van der Waals surface area (Å²) in [6.07, 6.45) is 1.64. The molecule has 1 aromatic rings. The summed E-state index contributed by atoms with van der Waals surface area (Å²) < 4.78 is 0. The minimum Gasteiger partial charge on any atom is -0.481 e. The van der Waals surface area contributed by atoms with Gasteiger partial charge in [-0.15, -0.1) is 0 Å². The van der Waals surface area contributed by atoms with Crippen molar-refractivity contribution in [2.75, 3.05) is 18.5 Å². The number of aliphatic carboxylic acids is 1. The van der Waals surface area contributed by atoms with E-state index < -0.39 is 11.4 Å². The summed E-state index contributed by atoms with van der Waals surface area (Å²) in [6, 6.07) is 6.21. The number of nitrogens with zero attached hydrogens (tertiary/aromatic N) is 1. The van der Waals surface area contributed by atoms with Crippen LogP contribution in [-0.2, 0) is 17.6 Å². The Morgan fingerprint density at radius 2 is 2.18 bits per heavy atom. The minimum absolute atomic E-state index is 0.579. The smallest absolute Gasteiger partial charge is 0.309 e. The maximum Gasteiger partial charge on any atom is 0.309 e. The summed E-state index contributed by atoms with van der Waals surface area (Å²) in [4.78, 5) is 13.4. The van der Waals surface area contributed by atoms with E-state index in [1.54, 1.807) is 13.8 Å². The van der Waals surface area contributed by atoms with Crippen LogP contribution < -0.4 is 4.90 Å². The normalized spacial score (nSPS) is 14.9. The molecule has 1 aliphatic heterocycles. The molecule has 0 bridgehead atoms. The minimum atomic E-state index is -0.740. The van der Waals surface area contributed by atoms with Crippen LogP contribution in [0.2, 0.25) is 0 Å². The van der Waals surface area contributed by atoms with E-state index in [1.807, 2.05) is 12.1 Å². The van der Waals surface area contributed by atoms with Gasteiger partial charge in [0.2, 0.25) is 0 Å². The SMILES string of the molecule is CN1CCc2cccc(CC(C)(C)C(=O)O)c21. The van der Waals surface area contributed by atoms with E-state index in [0.29, 0.717) is 6.42 Å². The van der Waals surface area contributed by atoms with E-state index in [-0.39, 0.29) is 0 Å². The van der Waals surface area contributed by atoms with Gasteiger partial charge in [0.15, 0.2) is 0 Å². The summed E-state index contributed by atoms with van der Waals surface area (Å²) >= 11 is 0. The van der Waals surface area contributed by atoms with Crippen molar-refractivity contribution < 1.29 is 9.90 Å². The zero-order valence-electron chi connectivity index (χ0n) is 10.7. The van der Waals surface area contributed by atoms with Gasteiger partial charge >= 0.3 is 5.97 Å². The van der Waals surface area contributed by atoms with Crippen LogP contribution in [0, 0.1) is 5.41 Å². The number of benzene rings is 1. The van der Waals surface area contributed by atoms with Crippen LogP contribution in [0.3, 0.4) is 0 Å². The zero-order chi connectivity index (χ0) is 12.6. The van der Waals surface area contributed by atoms with E-state index in [1.165, 1.54) is 11.3 Å². The molecule has 0 atom stereocenters. The molecule has 2 rings (SSSR count). The summed E-state index contributed by atoms with van der Waals surface area (Å²) in [5.74, 6) is -0.740. The number of carboxylic acid groups (broad SMARTS) is 1. The lowest BCUT2D eigenvalue weighted by Crippen LogP contribution is -2.27. The van der Waals surface area contributed by atoms with Crippen molar-refractivity contribution in [1.82, 2.24) is 0 Å². The molecule has 0 aromatic heterocycles. The van der Waals surface area contributed by atoms with E-state index in [9.17, 15) is 9.90 Å². The molecule has 0 saturated heterocycles. The first kappa shape index (κ1) is 12.0. The highest BCUT2D eigenvalue weighted by Crippen LogP contribution is 2.34. The fourth-order valence-electron chi connectivity index (χ4n) is 2.43. The third kappa shape index (κ3) is 2.14. The average Bonchev–Trinajstić information content (AvgIpc) is 2.61. The number of anilines is 1. The molecule has 0 unspecified atom stereocenters. The van der Waals surface area contributed by atoms with Gasteiger partial charge in [-0.05, 0) is 37.8 Å². The predicted molar refractivity (Wildman–Crippen MR) is 68.5 cm³/mol. The molecular formula is C14H19NO2. The van der Waals surface area contributed by atoms with Crippen molar-refractivity contribution in [2.45, 2.75) is 26.7 Å². The largest absolute Gasteiger partial charge is 0.481 e. The number of carbonyl (C=O) groups is 1. The van der Waals surface area contributed by atoms with Crippen molar-refractivity contribution in [3.8, 4) is 0 Å². The summed E-state index contributed by atoms with van der Waals surface area (Å²) in [5, 5.41) is 9.20. The van der Waals surface area contributed by atoms with Gasteiger partial charge in [-0.25, -0.2) is 0 Å². The topological polar surface area (TPSA) is 40.5 Å². The highest BCUT2D eigenvalue weighted by atomic mass is 16.4. The zero-order valence-corrected chi connectivity index (χ0v) is 10.7. The van der Waals surface area contributed by atoms with Crippen LogP contribution in [0.15, 0.2) is 18.2 Å². The molecule has 1 aliphatic rings. The number of fused-ring (bicyclic) bond motifs is 1. The van der Waals surface area contributed by atoms with Gasteiger partial charge < -0.3 is 10.0 Å². The molecule has 0 radical (unpaired) electrons. The highest BCUT2D eigenvalue weighted by molar-refractivity contribution is 5.75. The van der Waals surface area contributed by atoms with Gasteiger partial charge in [-0.3, -0.25) is 4.79 Å². The number of hydrogen-bond acceptors (Lipinski definition) is 2. The molecule has 0 saturated carbocycles. The molecule has 0 amide bonds. The Hall–Kier alpha value is -1.51. The monoisotopic (exact) mass is 233 g/mol. The fraction of sp³-hybridized carbons (Fsp3) is 0.500. The van der Waals surface area contributed by atoms with Crippen molar-refractivity contribution in [3.63, 3.8) is 0 Å². The van der Waals surface area contributed by atoms with E-state index in [0.717, 1.165) is 18.5 Å².